The molecule has 1 saturated carbocycles. The summed E-state index contributed by atoms with van der Waals surface area (Å²) in [5, 5.41) is 3.28. The summed E-state index contributed by atoms with van der Waals surface area (Å²) in [5.41, 5.74) is 5.75. The van der Waals surface area contributed by atoms with Gasteiger partial charge >= 0.3 is 0 Å². The summed E-state index contributed by atoms with van der Waals surface area (Å²) in [6.45, 7) is 4.58. The van der Waals surface area contributed by atoms with Crippen LogP contribution in [0.15, 0.2) is 78.9 Å². The minimum atomic E-state index is -0.559. The Hall–Kier alpha value is -3.05. The minimum Gasteiger partial charge on any atom is -0.352 e. The van der Waals surface area contributed by atoms with E-state index in [0.29, 0.717) is 18.7 Å². The summed E-state index contributed by atoms with van der Waals surface area (Å²) in [6.07, 6.45) is 4.83. The van der Waals surface area contributed by atoms with Gasteiger partial charge in [-0.1, -0.05) is 97.3 Å². The highest BCUT2D eigenvalue weighted by molar-refractivity contribution is 7.99. The van der Waals surface area contributed by atoms with Crippen molar-refractivity contribution < 1.29 is 9.59 Å². The van der Waals surface area contributed by atoms with Crippen LogP contribution < -0.4 is 5.32 Å². The van der Waals surface area contributed by atoms with Gasteiger partial charge in [-0.2, -0.15) is 0 Å². The van der Waals surface area contributed by atoms with Crippen molar-refractivity contribution in [2.24, 2.45) is 0 Å². The molecule has 0 aromatic heterocycles. The van der Waals surface area contributed by atoms with Crippen molar-refractivity contribution in [3.05, 3.63) is 107 Å². The van der Waals surface area contributed by atoms with Crippen LogP contribution in [0, 0.1) is 13.8 Å². The standard InChI is InChI=1S/C32H38N2O2S/c1-24-16-18-27(19-17-24)21-34(31(35)23-37-22-28-13-7-6-10-25(28)2)30(20-26-11-4-3-5-12-26)32(36)33-29-14-8-9-15-29/h3-7,10-13,16-19,29-30H,8-9,14-15,20-23H2,1-2H3,(H,33,36)/t30-/m1/s1. The van der Waals surface area contributed by atoms with Crippen molar-refractivity contribution in [1.82, 2.24) is 10.2 Å². The molecule has 1 atom stereocenters. The van der Waals surface area contributed by atoms with E-state index in [1.165, 1.54) is 16.7 Å². The van der Waals surface area contributed by atoms with Crippen LogP contribution >= 0.6 is 11.8 Å². The van der Waals surface area contributed by atoms with Crippen LogP contribution in [0.4, 0.5) is 0 Å². The molecule has 4 rings (SSSR count). The van der Waals surface area contributed by atoms with Gasteiger partial charge in [0.1, 0.15) is 6.04 Å². The zero-order valence-electron chi connectivity index (χ0n) is 22.0. The zero-order valence-corrected chi connectivity index (χ0v) is 22.8. The fourth-order valence-electron chi connectivity index (χ4n) is 4.91. The van der Waals surface area contributed by atoms with Crippen molar-refractivity contribution >= 4 is 23.6 Å². The Morgan fingerprint density at radius 1 is 0.892 bits per heavy atom. The lowest BCUT2D eigenvalue weighted by molar-refractivity contribution is -0.139. The van der Waals surface area contributed by atoms with E-state index in [4.69, 9.17) is 0 Å². The molecule has 1 N–H and O–H groups in total. The average molecular weight is 515 g/mol. The quantitative estimate of drug-likeness (QED) is 0.330. The van der Waals surface area contributed by atoms with Crippen LogP contribution in [0.1, 0.15) is 53.5 Å². The molecule has 37 heavy (non-hydrogen) atoms. The number of benzene rings is 3. The number of carbonyl (C=O) groups is 2. The molecule has 0 aliphatic heterocycles. The Balaban J connectivity index is 1.56. The fourth-order valence-corrected chi connectivity index (χ4v) is 5.90. The number of nitrogens with zero attached hydrogens (tertiary/aromatic N) is 1. The number of nitrogens with one attached hydrogen (secondary N) is 1. The lowest BCUT2D eigenvalue weighted by Gasteiger charge is -2.32. The molecule has 0 unspecified atom stereocenters. The first-order chi connectivity index (χ1) is 18.0. The third-order valence-electron chi connectivity index (χ3n) is 7.19. The second-order valence-electron chi connectivity index (χ2n) is 10.1. The van der Waals surface area contributed by atoms with E-state index < -0.39 is 6.04 Å². The smallest absolute Gasteiger partial charge is 0.243 e. The molecule has 3 aromatic rings. The maximum atomic E-state index is 13.8. The number of hydrogen-bond acceptors (Lipinski definition) is 3. The van der Waals surface area contributed by atoms with Crippen molar-refractivity contribution in [3.63, 3.8) is 0 Å². The van der Waals surface area contributed by atoms with Crippen molar-refractivity contribution in [3.8, 4) is 0 Å². The molecule has 1 aliphatic carbocycles. The predicted molar refractivity (Wildman–Crippen MR) is 153 cm³/mol. The first-order valence-electron chi connectivity index (χ1n) is 13.3. The number of thioether (sulfide) groups is 1. The number of rotatable bonds is 11. The fraction of sp³-hybridized carbons (Fsp3) is 0.375. The molecule has 194 valence electrons. The van der Waals surface area contributed by atoms with Crippen molar-refractivity contribution in [2.75, 3.05) is 5.75 Å². The summed E-state index contributed by atoms with van der Waals surface area (Å²) < 4.78 is 0. The highest BCUT2D eigenvalue weighted by Gasteiger charge is 2.32. The third kappa shape index (κ3) is 7.96. The Kier molecular flexibility index (Phi) is 9.84. The maximum absolute atomic E-state index is 13.8. The molecule has 0 heterocycles. The molecule has 0 spiro atoms. The maximum Gasteiger partial charge on any atom is 0.243 e. The molecule has 5 heteroatoms. The molecule has 0 radical (unpaired) electrons. The van der Waals surface area contributed by atoms with Gasteiger partial charge in [0.2, 0.25) is 11.8 Å². The molecule has 0 bridgehead atoms. The van der Waals surface area contributed by atoms with E-state index in [9.17, 15) is 9.59 Å². The first-order valence-corrected chi connectivity index (χ1v) is 14.5. The summed E-state index contributed by atoms with van der Waals surface area (Å²) in [6, 6.07) is 26.2. The number of amides is 2. The van der Waals surface area contributed by atoms with E-state index in [-0.39, 0.29) is 17.9 Å². The van der Waals surface area contributed by atoms with Crippen LogP contribution in [0.3, 0.4) is 0 Å². The van der Waals surface area contributed by atoms with Gasteiger partial charge in [0, 0.05) is 24.8 Å². The van der Waals surface area contributed by atoms with Gasteiger partial charge in [0.15, 0.2) is 0 Å². The van der Waals surface area contributed by atoms with Gasteiger partial charge in [-0.3, -0.25) is 9.59 Å². The normalized spacial score (nSPS) is 14.3. The highest BCUT2D eigenvalue weighted by Crippen LogP contribution is 2.22. The van der Waals surface area contributed by atoms with Gasteiger partial charge in [-0.15, -0.1) is 11.8 Å². The van der Waals surface area contributed by atoms with Crippen molar-refractivity contribution in [2.45, 2.75) is 70.3 Å². The first kappa shape index (κ1) is 27.0. The number of aryl methyl sites for hydroxylation is 2. The number of carbonyl (C=O) groups excluding carboxylic acids is 2. The monoisotopic (exact) mass is 514 g/mol. The van der Waals surface area contributed by atoms with E-state index in [1.54, 1.807) is 11.8 Å². The molecule has 0 saturated heterocycles. The molecular formula is C32H38N2O2S. The van der Waals surface area contributed by atoms with Gasteiger partial charge in [0.25, 0.3) is 0 Å². The van der Waals surface area contributed by atoms with Gasteiger partial charge in [-0.25, -0.2) is 0 Å². The second-order valence-corrected chi connectivity index (χ2v) is 11.1. The van der Waals surface area contributed by atoms with Crippen molar-refractivity contribution in [1.29, 1.82) is 0 Å². The molecule has 1 aliphatic rings. The van der Waals surface area contributed by atoms with Crippen LogP contribution in [-0.2, 0) is 28.3 Å². The van der Waals surface area contributed by atoms with E-state index in [1.807, 2.05) is 47.4 Å². The molecule has 3 aromatic carbocycles. The average Bonchev–Trinajstić information content (AvgIpc) is 3.42. The SMILES string of the molecule is Cc1ccc(CN(C(=O)CSCc2ccccc2C)[C@H](Cc2ccccc2)C(=O)NC2CCCC2)cc1. The second kappa shape index (κ2) is 13.5. The highest BCUT2D eigenvalue weighted by atomic mass is 32.2. The summed E-state index contributed by atoms with van der Waals surface area (Å²) in [5.74, 6) is 1.07. The Bertz CT molecular complexity index is 1160. The predicted octanol–water partition coefficient (Wildman–Crippen LogP) is 6.24. The Labute approximate surface area is 225 Å². The summed E-state index contributed by atoms with van der Waals surface area (Å²) in [4.78, 5) is 29.3. The largest absolute Gasteiger partial charge is 0.352 e. The molecule has 1 fully saturated rings. The van der Waals surface area contributed by atoms with Crippen LogP contribution in [0.5, 0.6) is 0 Å². The Morgan fingerprint density at radius 2 is 1.57 bits per heavy atom. The Morgan fingerprint density at radius 3 is 2.27 bits per heavy atom. The van der Waals surface area contributed by atoms with Crippen LogP contribution in [-0.4, -0.2) is 34.6 Å². The molecular weight excluding hydrogens is 476 g/mol. The zero-order chi connectivity index (χ0) is 26.0. The molecule has 4 nitrogen and oxygen atoms in total. The molecule has 2 amide bonds. The topological polar surface area (TPSA) is 49.4 Å². The van der Waals surface area contributed by atoms with Gasteiger partial charge in [0.05, 0.1) is 5.75 Å². The lowest BCUT2D eigenvalue weighted by Crippen LogP contribution is -2.52. The number of hydrogen-bond donors (Lipinski definition) is 1. The summed E-state index contributed by atoms with van der Waals surface area (Å²) in [7, 11) is 0. The van der Waals surface area contributed by atoms with Gasteiger partial charge < -0.3 is 10.2 Å². The lowest BCUT2D eigenvalue weighted by atomic mass is 10.0. The van der Waals surface area contributed by atoms with E-state index >= 15 is 0 Å². The van der Waals surface area contributed by atoms with E-state index in [0.717, 1.165) is 42.6 Å². The third-order valence-corrected chi connectivity index (χ3v) is 8.16. The van der Waals surface area contributed by atoms with Crippen LogP contribution in [0.25, 0.3) is 0 Å². The minimum absolute atomic E-state index is 0.00154. The van der Waals surface area contributed by atoms with E-state index in [2.05, 4.69) is 55.6 Å². The van der Waals surface area contributed by atoms with Gasteiger partial charge in [-0.05, 0) is 48.9 Å². The van der Waals surface area contributed by atoms with Crippen LogP contribution in [0.2, 0.25) is 0 Å². The summed E-state index contributed by atoms with van der Waals surface area (Å²) >= 11 is 1.62.